The number of aryl methyl sites for hydroxylation is 1. The van der Waals surface area contributed by atoms with E-state index in [1.165, 1.54) is 12.8 Å². The van der Waals surface area contributed by atoms with E-state index in [2.05, 4.69) is 10.2 Å². The minimum Gasteiger partial charge on any atom is -0.480 e. The van der Waals surface area contributed by atoms with Crippen molar-refractivity contribution in [1.82, 2.24) is 14.8 Å². The Bertz CT molecular complexity index is 433. The van der Waals surface area contributed by atoms with Gasteiger partial charge in [-0.1, -0.05) is 26.7 Å². The smallest absolute Gasteiger partial charge is 0.327 e. The molecule has 1 aromatic heterocycles. The first-order valence-corrected chi connectivity index (χ1v) is 6.66. The van der Waals surface area contributed by atoms with Crippen LogP contribution in [0.4, 0.5) is 0 Å². The summed E-state index contributed by atoms with van der Waals surface area (Å²) in [5, 5.41) is 17.8. The van der Waals surface area contributed by atoms with Gasteiger partial charge in [0.2, 0.25) is 0 Å². The van der Waals surface area contributed by atoms with Crippen LogP contribution in [0.15, 0.2) is 0 Å². The lowest BCUT2D eigenvalue weighted by Crippen LogP contribution is -2.27. The van der Waals surface area contributed by atoms with Crippen molar-refractivity contribution in [1.29, 1.82) is 0 Å². The molecule has 1 unspecified atom stereocenters. The summed E-state index contributed by atoms with van der Waals surface area (Å²) >= 11 is 0. The summed E-state index contributed by atoms with van der Waals surface area (Å²) in [5.41, 5.74) is 0. The standard InChI is InChI=1S/C13H21N3O2/c1-8(2)11(13(17)18)16-9(3)14-15-12(16)10-6-4-5-7-10/h8,10-11H,4-7H2,1-3H3,(H,17,18). The highest BCUT2D eigenvalue weighted by atomic mass is 16.4. The maximum Gasteiger partial charge on any atom is 0.327 e. The normalized spacial score (nSPS) is 18.4. The van der Waals surface area contributed by atoms with Gasteiger partial charge in [0.05, 0.1) is 0 Å². The molecule has 5 nitrogen and oxygen atoms in total. The Balaban J connectivity index is 2.41. The fourth-order valence-electron chi connectivity index (χ4n) is 2.89. The minimum absolute atomic E-state index is 0.0253. The van der Waals surface area contributed by atoms with Gasteiger partial charge in [-0.05, 0) is 25.7 Å². The Morgan fingerprint density at radius 3 is 2.44 bits per heavy atom. The Morgan fingerprint density at radius 1 is 1.33 bits per heavy atom. The van der Waals surface area contributed by atoms with Crippen molar-refractivity contribution in [3.05, 3.63) is 11.6 Å². The number of carboxylic acid groups (broad SMARTS) is 1. The van der Waals surface area contributed by atoms with Gasteiger partial charge < -0.3 is 9.67 Å². The molecule has 0 radical (unpaired) electrons. The quantitative estimate of drug-likeness (QED) is 0.892. The molecule has 1 fully saturated rings. The molecule has 1 heterocycles. The molecule has 0 spiro atoms. The van der Waals surface area contributed by atoms with Crippen LogP contribution in [-0.2, 0) is 4.79 Å². The molecular weight excluding hydrogens is 230 g/mol. The molecular formula is C13H21N3O2. The van der Waals surface area contributed by atoms with Gasteiger partial charge in [-0.2, -0.15) is 0 Å². The van der Waals surface area contributed by atoms with Crippen molar-refractivity contribution >= 4 is 5.97 Å². The zero-order chi connectivity index (χ0) is 13.3. The van der Waals surface area contributed by atoms with Gasteiger partial charge in [-0.25, -0.2) is 4.79 Å². The predicted octanol–water partition coefficient (Wildman–Crippen LogP) is 2.53. The van der Waals surface area contributed by atoms with Gasteiger partial charge in [0, 0.05) is 5.92 Å². The lowest BCUT2D eigenvalue weighted by Gasteiger charge is -2.22. The van der Waals surface area contributed by atoms with Gasteiger partial charge >= 0.3 is 5.97 Å². The van der Waals surface area contributed by atoms with Crippen LogP contribution in [0.2, 0.25) is 0 Å². The fourth-order valence-corrected chi connectivity index (χ4v) is 2.89. The van der Waals surface area contributed by atoms with Crippen LogP contribution < -0.4 is 0 Å². The Morgan fingerprint density at radius 2 is 1.94 bits per heavy atom. The van der Waals surface area contributed by atoms with Crippen molar-refractivity contribution in [2.45, 2.75) is 58.4 Å². The van der Waals surface area contributed by atoms with Crippen molar-refractivity contribution in [2.75, 3.05) is 0 Å². The number of hydrogen-bond donors (Lipinski definition) is 1. The highest BCUT2D eigenvalue weighted by molar-refractivity contribution is 5.72. The molecule has 2 rings (SSSR count). The number of aliphatic carboxylic acids is 1. The van der Waals surface area contributed by atoms with Crippen molar-refractivity contribution in [3.8, 4) is 0 Å². The van der Waals surface area contributed by atoms with E-state index in [9.17, 15) is 9.90 Å². The fraction of sp³-hybridized carbons (Fsp3) is 0.769. The van der Waals surface area contributed by atoms with Crippen LogP contribution in [-0.4, -0.2) is 25.8 Å². The molecule has 0 aromatic carbocycles. The predicted molar refractivity (Wildman–Crippen MR) is 67.5 cm³/mol. The lowest BCUT2D eigenvalue weighted by molar-refractivity contribution is -0.142. The zero-order valence-corrected chi connectivity index (χ0v) is 11.3. The molecule has 1 aliphatic rings. The Kier molecular flexibility index (Phi) is 3.68. The van der Waals surface area contributed by atoms with E-state index in [1.807, 2.05) is 25.3 Å². The average Bonchev–Trinajstić information content (AvgIpc) is 2.88. The summed E-state index contributed by atoms with van der Waals surface area (Å²) in [6.07, 6.45) is 4.61. The number of rotatable bonds is 4. The monoisotopic (exact) mass is 251 g/mol. The highest BCUT2D eigenvalue weighted by Gasteiger charge is 2.31. The van der Waals surface area contributed by atoms with Crippen LogP contribution in [0.1, 0.15) is 63.1 Å². The molecule has 1 saturated carbocycles. The summed E-state index contributed by atoms with van der Waals surface area (Å²) in [7, 11) is 0. The van der Waals surface area contributed by atoms with Gasteiger partial charge in [0.15, 0.2) is 0 Å². The molecule has 0 aliphatic heterocycles. The van der Waals surface area contributed by atoms with Gasteiger partial charge in [-0.15, -0.1) is 10.2 Å². The molecule has 0 bridgehead atoms. The minimum atomic E-state index is -0.799. The first-order valence-electron chi connectivity index (χ1n) is 6.66. The van der Waals surface area contributed by atoms with E-state index in [-0.39, 0.29) is 5.92 Å². The largest absolute Gasteiger partial charge is 0.480 e. The molecule has 18 heavy (non-hydrogen) atoms. The summed E-state index contributed by atoms with van der Waals surface area (Å²) in [5.74, 6) is 1.18. The molecule has 1 N–H and O–H groups in total. The molecule has 0 saturated heterocycles. The summed E-state index contributed by atoms with van der Waals surface area (Å²) in [6.45, 7) is 5.69. The number of carbonyl (C=O) groups is 1. The summed E-state index contributed by atoms with van der Waals surface area (Å²) in [4.78, 5) is 11.5. The molecule has 0 amide bonds. The number of nitrogens with zero attached hydrogens (tertiary/aromatic N) is 3. The van der Waals surface area contributed by atoms with E-state index in [1.54, 1.807) is 0 Å². The third-order valence-electron chi connectivity index (χ3n) is 3.78. The second-order valence-electron chi connectivity index (χ2n) is 5.48. The van der Waals surface area contributed by atoms with E-state index in [0.29, 0.717) is 11.7 Å². The van der Waals surface area contributed by atoms with Crippen LogP contribution in [0.5, 0.6) is 0 Å². The second kappa shape index (κ2) is 5.08. The molecule has 5 heteroatoms. The Hall–Kier alpha value is -1.39. The molecule has 1 aromatic rings. The average molecular weight is 251 g/mol. The highest BCUT2D eigenvalue weighted by Crippen LogP contribution is 2.35. The van der Waals surface area contributed by atoms with Crippen LogP contribution in [0, 0.1) is 12.8 Å². The van der Waals surface area contributed by atoms with Crippen LogP contribution in [0.3, 0.4) is 0 Å². The first-order chi connectivity index (χ1) is 8.52. The van der Waals surface area contributed by atoms with Crippen molar-refractivity contribution < 1.29 is 9.90 Å². The summed E-state index contributed by atoms with van der Waals surface area (Å²) < 4.78 is 1.84. The molecule has 1 atom stereocenters. The first kappa shape index (κ1) is 13.1. The zero-order valence-electron chi connectivity index (χ0n) is 11.3. The maximum atomic E-state index is 11.5. The number of carboxylic acids is 1. The van der Waals surface area contributed by atoms with Gasteiger partial charge in [-0.3, -0.25) is 0 Å². The topological polar surface area (TPSA) is 68.0 Å². The Labute approximate surface area is 107 Å². The second-order valence-corrected chi connectivity index (χ2v) is 5.48. The summed E-state index contributed by atoms with van der Waals surface area (Å²) in [6, 6.07) is -0.560. The van der Waals surface area contributed by atoms with Crippen molar-refractivity contribution in [2.24, 2.45) is 5.92 Å². The van der Waals surface area contributed by atoms with Crippen LogP contribution in [0.25, 0.3) is 0 Å². The third-order valence-corrected chi connectivity index (χ3v) is 3.78. The third kappa shape index (κ3) is 2.26. The van der Waals surface area contributed by atoms with Crippen LogP contribution >= 0.6 is 0 Å². The van der Waals surface area contributed by atoms with E-state index >= 15 is 0 Å². The van der Waals surface area contributed by atoms with E-state index in [4.69, 9.17) is 0 Å². The maximum absolute atomic E-state index is 11.5. The van der Waals surface area contributed by atoms with E-state index in [0.717, 1.165) is 18.7 Å². The molecule has 1 aliphatic carbocycles. The number of hydrogen-bond acceptors (Lipinski definition) is 3. The van der Waals surface area contributed by atoms with Crippen molar-refractivity contribution in [3.63, 3.8) is 0 Å². The molecule has 100 valence electrons. The van der Waals surface area contributed by atoms with Gasteiger partial charge in [0.1, 0.15) is 17.7 Å². The lowest BCUT2D eigenvalue weighted by atomic mass is 10.0. The number of aromatic nitrogens is 3. The SMILES string of the molecule is Cc1nnc(C2CCCC2)n1C(C(=O)O)C(C)C. The van der Waals surface area contributed by atoms with E-state index < -0.39 is 12.0 Å². The van der Waals surface area contributed by atoms with Gasteiger partial charge in [0.25, 0.3) is 0 Å².